The second kappa shape index (κ2) is 8.44. The van der Waals surface area contributed by atoms with Crippen molar-refractivity contribution in [3.05, 3.63) is 28.3 Å². The number of thiocyanates is 1. The summed E-state index contributed by atoms with van der Waals surface area (Å²) in [6.45, 7) is 9.09. The molecule has 0 spiro atoms. The van der Waals surface area contributed by atoms with Gasteiger partial charge in [0.2, 0.25) is 0 Å². The highest BCUT2D eigenvalue weighted by Gasteiger charge is 2.16. The van der Waals surface area contributed by atoms with E-state index in [1.165, 1.54) is 11.8 Å². The van der Waals surface area contributed by atoms with Gasteiger partial charge in [-0.15, -0.1) is 0 Å². The lowest BCUT2D eigenvalue weighted by molar-refractivity contribution is 0.330. The van der Waals surface area contributed by atoms with E-state index in [9.17, 15) is 0 Å². The molecule has 1 aromatic carbocycles. The molecule has 4 heteroatoms. The van der Waals surface area contributed by atoms with Crippen LogP contribution in [0.5, 0.6) is 5.75 Å². The number of nitriles is 1. The lowest BCUT2D eigenvalue weighted by atomic mass is 9.94. The molecule has 1 unspecified atom stereocenters. The van der Waals surface area contributed by atoms with Crippen LogP contribution in [0.15, 0.2) is 12.1 Å². The van der Waals surface area contributed by atoms with Gasteiger partial charge in [0.1, 0.15) is 11.2 Å². The summed E-state index contributed by atoms with van der Waals surface area (Å²) >= 11 is 7.54. The fraction of sp³-hybridized carbons (Fsp3) is 0.562. The molecular formula is C16H22ClNOS. The van der Waals surface area contributed by atoms with E-state index in [1.54, 1.807) is 0 Å². The van der Waals surface area contributed by atoms with Gasteiger partial charge in [0.15, 0.2) is 0 Å². The first-order chi connectivity index (χ1) is 9.49. The average molecular weight is 312 g/mol. The van der Waals surface area contributed by atoms with Crippen molar-refractivity contribution in [3.8, 4) is 11.2 Å². The molecular weight excluding hydrogens is 290 g/mol. The summed E-state index contributed by atoms with van der Waals surface area (Å²) in [7, 11) is 0. The lowest BCUT2D eigenvalue weighted by Gasteiger charge is -2.20. The van der Waals surface area contributed by atoms with E-state index < -0.39 is 0 Å². The quantitative estimate of drug-likeness (QED) is 0.644. The van der Waals surface area contributed by atoms with Crippen LogP contribution in [0.25, 0.3) is 0 Å². The molecule has 0 saturated carbocycles. The van der Waals surface area contributed by atoms with Gasteiger partial charge in [0.05, 0.1) is 6.61 Å². The van der Waals surface area contributed by atoms with Crippen LogP contribution >= 0.6 is 23.4 Å². The summed E-state index contributed by atoms with van der Waals surface area (Å²) in [5.74, 6) is 2.59. The Balaban J connectivity index is 3.06. The number of thioether (sulfide) groups is 1. The van der Waals surface area contributed by atoms with Gasteiger partial charge in [-0.25, -0.2) is 0 Å². The highest BCUT2D eigenvalue weighted by Crippen LogP contribution is 2.35. The van der Waals surface area contributed by atoms with Crippen LogP contribution in [0.2, 0.25) is 5.02 Å². The van der Waals surface area contributed by atoms with Crippen molar-refractivity contribution in [2.45, 2.75) is 40.0 Å². The zero-order chi connectivity index (χ0) is 15.1. The molecule has 2 nitrogen and oxygen atoms in total. The number of ether oxygens (including phenoxy) is 1. The third kappa shape index (κ3) is 4.92. The maximum Gasteiger partial charge on any atom is 0.133 e. The van der Waals surface area contributed by atoms with E-state index in [-0.39, 0.29) is 0 Å². The van der Waals surface area contributed by atoms with Gasteiger partial charge in [-0.2, -0.15) is 5.26 Å². The molecule has 1 aromatic rings. The Bertz CT molecular complexity index is 482. The normalized spacial score (nSPS) is 12.2. The lowest BCUT2D eigenvalue weighted by Crippen LogP contribution is -2.08. The SMILES string of the molecule is CCOc1c(CC(C)CSC#N)cc(Cl)cc1C(C)C. The smallest absolute Gasteiger partial charge is 0.133 e. The van der Waals surface area contributed by atoms with Crippen molar-refractivity contribution in [2.24, 2.45) is 5.92 Å². The molecule has 0 amide bonds. The first-order valence-corrected chi connectivity index (χ1v) is 8.31. The molecule has 0 radical (unpaired) electrons. The molecule has 0 aliphatic rings. The summed E-state index contributed by atoms with van der Waals surface area (Å²) < 4.78 is 5.86. The Hall–Kier alpha value is -0.850. The predicted molar refractivity (Wildman–Crippen MR) is 87.6 cm³/mol. The van der Waals surface area contributed by atoms with Crippen molar-refractivity contribution in [1.82, 2.24) is 0 Å². The minimum absolute atomic E-state index is 0.373. The number of hydrogen-bond acceptors (Lipinski definition) is 3. The molecule has 1 rings (SSSR count). The molecule has 0 aromatic heterocycles. The van der Waals surface area contributed by atoms with Crippen molar-refractivity contribution in [3.63, 3.8) is 0 Å². The van der Waals surface area contributed by atoms with E-state index in [1.807, 2.05) is 19.1 Å². The van der Waals surface area contributed by atoms with E-state index in [0.717, 1.165) is 34.1 Å². The monoisotopic (exact) mass is 311 g/mol. The van der Waals surface area contributed by atoms with Gasteiger partial charge in [0, 0.05) is 10.8 Å². The summed E-state index contributed by atoms with van der Waals surface area (Å²) in [4.78, 5) is 0. The van der Waals surface area contributed by atoms with E-state index in [2.05, 4.69) is 26.2 Å². The third-order valence-electron chi connectivity index (χ3n) is 3.07. The van der Waals surface area contributed by atoms with Gasteiger partial charge in [-0.1, -0.05) is 32.4 Å². The Morgan fingerprint density at radius 2 is 2.05 bits per heavy atom. The number of halogens is 1. The zero-order valence-corrected chi connectivity index (χ0v) is 14.1. The second-order valence-corrected chi connectivity index (χ2v) is 6.52. The van der Waals surface area contributed by atoms with Gasteiger partial charge < -0.3 is 4.74 Å². The summed E-state index contributed by atoms with van der Waals surface area (Å²) in [6, 6.07) is 3.99. The van der Waals surface area contributed by atoms with Crippen molar-refractivity contribution < 1.29 is 4.74 Å². The highest BCUT2D eigenvalue weighted by atomic mass is 35.5. The van der Waals surface area contributed by atoms with Crippen molar-refractivity contribution >= 4 is 23.4 Å². The van der Waals surface area contributed by atoms with Gasteiger partial charge >= 0.3 is 0 Å². The van der Waals surface area contributed by atoms with Crippen LogP contribution in [0, 0.1) is 16.6 Å². The zero-order valence-electron chi connectivity index (χ0n) is 12.6. The van der Waals surface area contributed by atoms with Gasteiger partial charge in [-0.05, 0) is 60.2 Å². The maximum absolute atomic E-state index is 8.65. The molecule has 0 N–H and O–H groups in total. The molecule has 0 bridgehead atoms. The predicted octanol–water partition coefficient (Wildman–Crippen LogP) is 5.25. The average Bonchev–Trinajstić information content (AvgIpc) is 2.38. The van der Waals surface area contributed by atoms with Crippen molar-refractivity contribution in [1.29, 1.82) is 5.26 Å². The van der Waals surface area contributed by atoms with E-state index >= 15 is 0 Å². The number of hydrogen-bond donors (Lipinski definition) is 0. The number of nitrogens with zero attached hydrogens (tertiary/aromatic N) is 1. The van der Waals surface area contributed by atoms with Crippen LogP contribution < -0.4 is 4.74 Å². The molecule has 0 aliphatic carbocycles. The molecule has 0 fully saturated rings. The number of benzene rings is 1. The number of rotatable bonds is 7. The highest BCUT2D eigenvalue weighted by molar-refractivity contribution is 8.03. The maximum atomic E-state index is 8.65. The first-order valence-electron chi connectivity index (χ1n) is 6.95. The minimum atomic E-state index is 0.373. The van der Waals surface area contributed by atoms with E-state index in [0.29, 0.717) is 18.4 Å². The second-order valence-electron chi connectivity index (χ2n) is 5.28. The standard InChI is InChI=1S/C16H22ClNOS/c1-5-19-16-13(6-12(4)9-20-10-18)7-14(17)8-15(16)11(2)3/h7-8,11-12H,5-6,9H2,1-4H3. The molecule has 20 heavy (non-hydrogen) atoms. The molecule has 110 valence electrons. The first kappa shape index (κ1) is 17.2. The molecule has 0 heterocycles. The molecule has 0 saturated heterocycles. The van der Waals surface area contributed by atoms with Crippen LogP contribution in [0.3, 0.4) is 0 Å². The van der Waals surface area contributed by atoms with Crippen LogP contribution in [-0.2, 0) is 6.42 Å². The van der Waals surface area contributed by atoms with Gasteiger partial charge in [0.25, 0.3) is 0 Å². The van der Waals surface area contributed by atoms with Crippen LogP contribution in [0.1, 0.15) is 44.7 Å². The van der Waals surface area contributed by atoms with E-state index in [4.69, 9.17) is 21.6 Å². The topological polar surface area (TPSA) is 33.0 Å². The largest absolute Gasteiger partial charge is 0.493 e. The summed E-state index contributed by atoms with van der Waals surface area (Å²) in [6.07, 6.45) is 0.879. The Morgan fingerprint density at radius 3 is 2.60 bits per heavy atom. The fourth-order valence-corrected chi connectivity index (χ4v) is 2.91. The van der Waals surface area contributed by atoms with Crippen LogP contribution in [-0.4, -0.2) is 12.4 Å². The Labute approximate surface area is 131 Å². The third-order valence-corrected chi connectivity index (χ3v) is 4.15. The summed E-state index contributed by atoms with van der Waals surface area (Å²) in [5.41, 5.74) is 2.31. The minimum Gasteiger partial charge on any atom is -0.493 e. The fourth-order valence-electron chi connectivity index (χ4n) is 2.19. The molecule has 0 aliphatic heterocycles. The van der Waals surface area contributed by atoms with Crippen molar-refractivity contribution in [2.75, 3.05) is 12.4 Å². The Kier molecular flexibility index (Phi) is 7.26. The van der Waals surface area contributed by atoms with Gasteiger partial charge in [-0.3, -0.25) is 0 Å². The van der Waals surface area contributed by atoms with Crippen LogP contribution in [0.4, 0.5) is 0 Å². The molecule has 1 atom stereocenters. The Morgan fingerprint density at radius 1 is 1.35 bits per heavy atom. The summed E-state index contributed by atoms with van der Waals surface area (Å²) in [5, 5.41) is 11.5.